The van der Waals surface area contributed by atoms with Crippen molar-refractivity contribution in [2.45, 2.75) is 57.5 Å². The van der Waals surface area contributed by atoms with Crippen LogP contribution in [0.3, 0.4) is 0 Å². The Bertz CT molecular complexity index is 617. The summed E-state index contributed by atoms with van der Waals surface area (Å²) in [6, 6.07) is 1.36. The Kier molecular flexibility index (Phi) is 5.22. The first kappa shape index (κ1) is 17.7. The van der Waals surface area contributed by atoms with Gasteiger partial charge < -0.3 is 9.47 Å². The van der Waals surface area contributed by atoms with E-state index in [9.17, 15) is 13.2 Å². The number of hydrogen-bond acceptors (Lipinski definition) is 3. The number of nitrogens with zero attached hydrogens (tertiary/aromatic N) is 2. The van der Waals surface area contributed by atoms with Gasteiger partial charge in [0.05, 0.1) is 0 Å². The Balaban J connectivity index is 3.28. The molecule has 6 nitrogen and oxygen atoms in total. The minimum Gasteiger partial charge on any atom is -0.342 e. The number of carbonyl (C=O) groups is 1. The Morgan fingerprint density at radius 2 is 1.95 bits per heavy atom. The van der Waals surface area contributed by atoms with E-state index in [-0.39, 0.29) is 16.3 Å². The molecule has 1 aromatic rings. The molecule has 0 aliphatic rings. The molecule has 0 spiro atoms. The summed E-state index contributed by atoms with van der Waals surface area (Å²) in [5, 5.41) is 5.16. The van der Waals surface area contributed by atoms with E-state index in [1.807, 2.05) is 27.7 Å². The Labute approximate surface area is 127 Å². The lowest BCUT2D eigenvalue weighted by Gasteiger charge is -2.35. The van der Waals surface area contributed by atoms with E-state index in [4.69, 9.17) is 5.14 Å². The highest BCUT2D eigenvalue weighted by molar-refractivity contribution is 7.89. The van der Waals surface area contributed by atoms with Gasteiger partial charge in [0.25, 0.3) is 5.91 Å². The van der Waals surface area contributed by atoms with Crippen molar-refractivity contribution < 1.29 is 13.2 Å². The number of aryl methyl sites for hydroxylation is 1. The van der Waals surface area contributed by atoms with Crippen LogP contribution < -0.4 is 5.14 Å². The molecule has 0 aliphatic carbocycles. The van der Waals surface area contributed by atoms with Crippen LogP contribution in [-0.4, -0.2) is 36.4 Å². The van der Waals surface area contributed by atoms with Gasteiger partial charge in [-0.15, -0.1) is 0 Å². The molecule has 0 bridgehead atoms. The second-order valence-electron chi connectivity index (χ2n) is 5.83. The van der Waals surface area contributed by atoms with Gasteiger partial charge in [0.2, 0.25) is 10.0 Å². The number of amides is 1. The number of primary sulfonamides is 1. The Morgan fingerprint density at radius 3 is 2.38 bits per heavy atom. The van der Waals surface area contributed by atoms with Gasteiger partial charge in [0.15, 0.2) is 0 Å². The van der Waals surface area contributed by atoms with E-state index in [1.165, 1.54) is 12.3 Å². The first-order chi connectivity index (χ1) is 9.54. The summed E-state index contributed by atoms with van der Waals surface area (Å²) in [5.74, 6) is -0.204. The van der Waals surface area contributed by atoms with Gasteiger partial charge in [0, 0.05) is 25.3 Å². The van der Waals surface area contributed by atoms with E-state index in [0.717, 1.165) is 12.8 Å². The van der Waals surface area contributed by atoms with Gasteiger partial charge in [-0.1, -0.05) is 13.8 Å². The van der Waals surface area contributed by atoms with E-state index >= 15 is 0 Å². The highest BCUT2D eigenvalue weighted by Crippen LogP contribution is 2.22. The van der Waals surface area contributed by atoms with Gasteiger partial charge in [-0.05, 0) is 32.8 Å². The molecule has 0 aliphatic heterocycles. The molecule has 0 unspecified atom stereocenters. The molecule has 0 saturated heterocycles. The Morgan fingerprint density at radius 1 is 1.38 bits per heavy atom. The van der Waals surface area contributed by atoms with Crippen LogP contribution in [0.15, 0.2) is 17.2 Å². The van der Waals surface area contributed by atoms with Crippen molar-refractivity contribution in [3.63, 3.8) is 0 Å². The van der Waals surface area contributed by atoms with Crippen molar-refractivity contribution >= 4 is 15.9 Å². The predicted molar refractivity (Wildman–Crippen MR) is 82.6 cm³/mol. The number of aromatic nitrogens is 1. The third kappa shape index (κ3) is 3.85. The minimum absolute atomic E-state index is 0.0259. The smallest absolute Gasteiger partial charge is 0.270 e. The lowest BCUT2D eigenvalue weighted by atomic mass is 9.99. The number of nitrogens with two attached hydrogens (primary N) is 1. The molecule has 0 radical (unpaired) electrons. The van der Waals surface area contributed by atoms with Crippen molar-refractivity contribution in [2.24, 2.45) is 5.14 Å². The van der Waals surface area contributed by atoms with E-state index in [1.54, 1.807) is 16.5 Å². The molecule has 0 fully saturated rings. The van der Waals surface area contributed by atoms with Crippen LogP contribution in [-0.2, 0) is 16.6 Å². The minimum atomic E-state index is -3.81. The van der Waals surface area contributed by atoms with Crippen LogP contribution in [0.1, 0.15) is 51.0 Å². The third-order valence-corrected chi connectivity index (χ3v) is 4.84. The van der Waals surface area contributed by atoms with Gasteiger partial charge >= 0.3 is 0 Å². The van der Waals surface area contributed by atoms with E-state index in [2.05, 4.69) is 0 Å². The molecule has 0 aromatic carbocycles. The molecule has 0 atom stereocenters. The number of rotatable bonds is 6. The summed E-state index contributed by atoms with van der Waals surface area (Å²) in [4.78, 5) is 14.3. The van der Waals surface area contributed by atoms with Crippen LogP contribution in [0.2, 0.25) is 0 Å². The molecule has 2 N–H and O–H groups in total. The Hall–Kier alpha value is -1.34. The zero-order valence-electron chi connectivity index (χ0n) is 13.4. The molecule has 7 heteroatoms. The molecule has 1 rings (SSSR count). The molecular formula is C14H25N3O3S. The van der Waals surface area contributed by atoms with Crippen LogP contribution in [0, 0.1) is 0 Å². The first-order valence-electron chi connectivity index (χ1n) is 7.05. The number of carbonyl (C=O) groups excluding carboxylic acids is 1. The van der Waals surface area contributed by atoms with Gasteiger partial charge in [0.1, 0.15) is 10.6 Å². The standard InChI is InChI=1S/C14H25N3O3S/c1-6-8-17-10-11(21(15,19)20)9-12(17)13(18)16(5)14(3,4)7-2/h9-10H,6-8H2,1-5H3,(H2,15,19,20). The largest absolute Gasteiger partial charge is 0.342 e. The van der Waals surface area contributed by atoms with Crippen molar-refractivity contribution in [1.82, 2.24) is 9.47 Å². The average Bonchev–Trinajstić information content (AvgIpc) is 2.81. The SMILES string of the molecule is CCCn1cc(S(N)(=O)=O)cc1C(=O)N(C)C(C)(C)CC. The summed E-state index contributed by atoms with van der Waals surface area (Å²) in [5.41, 5.74) is 0.0464. The summed E-state index contributed by atoms with van der Waals surface area (Å²) < 4.78 is 24.6. The fraction of sp³-hybridized carbons (Fsp3) is 0.643. The molecule has 0 saturated carbocycles. The van der Waals surface area contributed by atoms with Crippen LogP contribution in [0.25, 0.3) is 0 Å². The van der Waals surface area contributed by atoms with Gasteiger partial charge in [-0.25, -0.2) is 13.6 Å². The van der Waals surface area contributed by atoms with Crippen LogP contribution in [0.4, 0.5) is 0 Å². The highest BCUT2D eigenvalue weighted by atomic mass is 32.2. The van der Waals surface area contributed by atoms with Crippen molar-refractivity contribution in [1.29, 1.82) is 0 Å². The predicted octanol–water partition coefficient (Wildman–Crippen LogP) is 1.81. The number of sulfonamides is 1. The summed E-state index contributed by atoms with van der Waals surface area (Å²) in [6.45, 7) is 8.48. The highest BCUT2D eigenvalue weighted by Gasteiger charge is 2.29. The maximum atomic E-state index is 12.7. The van der Waals surface area contributed by atoms with Crippen LogP contribution >= 0.6 is 0 Å². The van der Waals surface area contributed by atoms with Crippen LogP contribution in [0.5, 0.6) is 0 Å². The van der Waals surface area contributed by atoms with Gasteiger partial charge in [-0.3, -0.25) is 4.79 Å². The fourth-order valence-electron chi connectivity index (χ4n) is 1.93. The molecule has 1 heterocycles. The van der Waals surface area contributed by atoms with Crippen molar-refractivity contribution in [3.05, 3.63) is 18.0 Å². The summed E-state index contributed by atoms with van der Waals surface area (Å²) in [6.07, 6.45) is 3.02. The van der Waals surface area contributed by atoms with Crippen molar-refractivity contribution in [2.75, 3.05) is 7.05 Å². The second kappa shape index (κ2) is 6.19. The van der Waals surface area contributed by atoms with Gasteiger partial charge in [-0.2, -0.15) is 0 Å². The lowest BCUT2D eigenvalue weighted by molar-refractivity contribution is 0.0609. The fourth-order valence-corrected chi connectivity index (χ4v) is 2.48. The third-order valence-electron chi connectivity index (χ3n) is 3.96. The lowest BCUT2D eigenvalue weighted by Crippen LogP contribution is -2.45. The first-order valence-corrected chi connectivity index (χ1v) is 8.60. The summed E-state index contributed by atoms with van der Waals surface area (Å²) >= 11 is 0. The number of hydrogen-bond donors (Lipinski definition) is 1. The topological polar surface area (TPSA) is 85.4 Å². The maximum absolute atomic E-state index is 12.7. The molecule has 21 heavy (non-hydrogen) atoms. The van der Waals surface area contributed by atoms with E-state index < -0.39 is 10.0 Å². The zero-order valence-corrected chi connectivity index (χ0v) is 14.2. The quantitative estimate of drug-likeness (QED) is 0.868. The van der Waals surface area contributed by atoms with E-state index in [0.29, 0.717) is 12.2 Å². The average molecular weight is 315 g/mol. The molecular weight excluding hydrogens is 290 g/mol. The molecule has 1 amide bonds. The maximum Gasteiger partial charge on any atom is 0.270 e. The van der Waals surface area contributed by atoms with Crippen molar-refractivity contribution in [3.8, 4) is 0 Å². The molecule has 120 valence electrons. The monoisotopic (exact) mass is 315 g/mol. The summed E-state index contributed by atoms with van der Waals surface area (Å²) in [7, 11) is -2.09. The molecule has 1 aromatic heterocycles. The second-order valence-corrected chi connectivity index (χ2v) is 7.39. The zero-order chi connectivity index (χ0) is 16.4. The normalized spacial score (nSPS) is 12.5.